The molecule has 5 rings (SSSR count). The second-order valence-electron chi connectivity index (χ2n) is 9.46. The fraction of sp³-hybridized carbons (Fsp3) is 0.233. The van der Waals surface area contributed by atoms with Crippen LogP contribution in [-0.2, 0) is 31.6 Å². The number of carbonyl (C=O) groups is 2. The van der Waals surface area contributed by atoms with Crippen LogP contribution < -0.4 is 5.06 Å². The first-order valence-corrected chi connectivity index (χ1v) is 12.3. The predicted molar refractivity (Wildman–Crippen MR) is 141 cm³/mol. The van der Waals surface area contributed by atoms with E-state index in [0.717, 1.165) is 51.3 Å². The number of halogens is 1. The van der Waals surface area contributed by atoms with E-state index in [-0.39, 0.29) is 11.8 Å². The lowest BCUT2D eigenvalue weighted by Crippen LogP contribution is -2.26. The van der Waals surface area contributed by atoms with E-state index in [1.807, 2.05) is 48.5 Å². The Hall–Kier alpha value is -4.30. The van der Waals surface area contributed by atoms with Gasteiger partial charge in [0.05, 0.1) is 18.7 Å². The van der Waals surface area contributed by atoms with Crippen LogP contribution in [0.15, 0.2) is 79.0 Å². The second kappa shape index (κ2) is 10.2. The summed E-state index contributed by atoms with van der Waals surface area (Å²) in [6, 6.07) is 21.9. The van der Waals surface area contributed by atoms with Crippen LogP contribution >= 0.6 is 0 Å². The number of benzene rings is 3. The van der Waals surface area contributed by atoms with E-state index in [1.54, 1.807) is 37.0 Å². The standard InChI is InChI=1S/C30H28FN3O4/c1-20(21-10-14-26(31)15-11-21)38-34(19-35)28-27(18-32-33(28)2)24-6-4-22(5-7-24)23-8-12-25(13-9-23)30(16-17-30)29(36)37-3/h4-15,18-20H,16-17H2,1-3H3. The van der Waals surface area contributed by atoms with Crippen molar-refractivity contribution in [3.05, 3.63) is 95.9 Å². The van der Waals surface area contributed by atoms with Gasteiger partial charge in [-0.2, -0.15) is 10.2 Å². The van der Waals surface area contributed by atoms with Crippen LogP contribution in [0.25, 0.3) is 22.3 Å². The molecule has 8 heteroatoms. The summed E-state index contributed by atoms with van der Waals surface area (Å²) in [6.07, 6.45) is 3.40. The molecule has 1 amide bonds. The van der Waals surface area contributed by atoms with Gasteiger partial charge >= 0.3 is 5.97 Å². The van der Waals surface area contributed by atoms with Crippen molar-refractivity contribution in [2.24, 2.45) is 7.05 Å². The molecule has 1 fully saturated rings. The van der Waals surface area contributed by atoms with Crippen molar-refractivity contribution in [1.82, 2.24) is 9.78 Å². The molecule has 194 valence electrons. The molecular formula is C30H28FN3O4. The number of aromatic nitrogens is 2. The lowest BCUT2D eigenvalue weighted by molar-refractivity contribution is -0.143. The van der Waals surface area contributed by atoms with Crippen LogP contribution in [0.1, 0.15) is 37.0 Å². The number of aryl methyl sites for hydroxylation is 1. The predicted octanol–water partition coefficient (Wildman–Crippen LogP) is 5.75. The molecule has 0 N–H and O–H groups in total. The highest BCUT2D eigenvalue weighted by Crippen LogP contribution is 2.49. The van der Waals surface area contributed by atoms with E-state index in [0.29, 0.717) is 12.2 Å². The smallest absolute Gasteiger partial charge is 0.316 e. The third-order valence-corrected chi connectivity index (χ3v) is 7.12. The highest BCUT2D eigenvalue weighted by Gasteiger charge is 2.52. The van der Waals surface area contributed by atoms with Crippen molar-refractivity contribution in [3.8, 4) is 22.3 Å². The van der Waals surface area contributed by atoms with Gasteiger partial charge in [-0.25, -0.2) is 9.07 Å². The molecule has 1 aliphatic carbocycles. The van der Waals surface area contributed by atoms with Gasteiger partial charge in [0.25, 0.3) is 0 Å². The molecular weight excluding hydrogens is 485 g/mol. The average molecular weight is 514 g/mol. The largest absolute Gasteiger partial charge is 0.468 e. The molecule has 3 aromatic carbocycles. The van der Waals surface area contributed by atoms with E-state index in [9.17, 15) is 14.0 Å². The summed E-state index contributed by atoms with van der Waals surface area (Å²) >= 11 is 0. The van der Waals surface area contributed by atoms with Gasteiger partial charge in [-0.1, -0.05) is 60.7 Å². The Kier molecular flexibility index (Phi) is 6.82. The third kappa shape index (κ3) is 4.70. The van der Waals surface area contributed by atoms with Crippen molar-refractivity contribution in [2.75, 3.05) is 12.2 Å². The number of anilines is 1. The SMILES string of the molecule is COC(=O)C1(c2ccc(-c3ccc(-c4cnn(C)c4N(C=O)OC(C)c4ccc(F)cc4)cc3)cc2)CC1. The molecule has 0 radical (unpaired) electrons. The van der Waals surface area contributed by atoms with E-state index >= 15 is 0 Å². The number of nitrogens with zero attached hydrogens (tertiary/aromatic N) is 3. The number of rotatable bonds is 9. The van der Waals surface area contributed by atoms with Gasteiger partial charge in [0.2, 0.25) is 6.41 Å². The highest BCUT2D eigenvalue weighted by molar-refractivity contribution is 5.87. The molecule has 1 saturated carbocycles. The molecule has 38 heavy (non-hydrogen) atoms. The maximum Gasteiger partial charge on any atom is 0.316 e. The van der Waals surface area contributed by atoms with Crippen LogP contribution in [0, 0.1) is 5.82 Å². The summed E-state index contributed by atoms with van der Waals surface area (Å²) in [4.78, 5) is 30.1. The Morgan fingerprint density at radius 1 is 1.00 bits per heavy atom. The van der Waals surface area contributed by atoms with Crippen molar-refractivity contribution >= 4 is 18.2 Å². The van der Waals surface area contributed by atoms with Gasteiger partial charge in [-0.3, -0.25) is 14.4 Å². The first-order valence-electron chi connectivity index (χ1n) is 12.3. The number of hydrogen-bond acceptors (Lipinski definition) is 5. The molecule has 1 atom stereocenters. The average Bonchev–Trinajstić information content (AvgIpc) is 3.68. The number of hydrogen-bond donors (Lipinski definition) is 0. The fourth-order valence-electron chi connectivity index (χ4n) is 4.74. The Morgan fingerprint density at radius 2 is 1.58 bits per heavy atom. The maximum absolute atomic E-state index is 13.3. The minimum absolute atomic E-state index is 0.178. The van der Waals surface area contributed by atoms with Crippen LogP contribution in [0.2, 0.25) is 0 Å². The van der Waals surface area contributed by atoms with Crippen LogP contribution in [0.4, 0.5) is 10.2 Å². The monoisotopic (exact) mass is 513 g/mol. The van der Waals surface area contributed by atoms with Crippen LogP contribution in [0.5, 0.6) is 0 Å². The van der Waals surface area contributed by atoms with Crippen molar-refractivity contribution in [2.45, 2.75) is 31.3 Å². The van der Waals surface area contributed by atoms with Gasteiger partial charge in [-0.15, -0.1) is 0 Å². The summed E-state index contributed by atoms with van der Waals surface area (Å²) in [5.41, 5.74) is 4.85. The number of ether oxygens (including phenoxy) is 1. The van der Waals surface area contributed by atoms with Crippen LogP contribution in [-0.4, -0.2) is 29.3 Å². The lowest BCUT2D eigenvalue weighted by atomic mass is 9.93. The van der Waals surface area contributed by atoms with Gasteiger partial charge in [0.15, 0.2) is 5.82 Å². The van der Waals surface area contributed by atoms with Gasteiger partial charge in [0, 0.05) is 12.6 Å². The lowest BCUT2D eigenvalue weighted by Gasteiger charge is -2.23. The molecule has 0 bridgehead atoms. The van der Waals surface area contributed by atoms with E-state index in [4.69, 9.17) is 9.57 Å². The number of carbonyl (C=O) groups excluding carboxylic acids is 2. The molecule has 0 saturated heterocycles. The molecule has 1 unspecified atom stereocenters. The summed E-state index contributed by atoms with van der Waals surface area (Å²) in [5.74, 6) is -0.0413. The minimum atomic E-state index is -0.497. The zero-order valence-corrected chi connectivity index (χ0v) is 21.4. The zero-order valence-electron chi connectivity index (χ0n) is 21.4. The molecule has 0 spiro atoms. The molecule has 1 aliphatic rings. The first-order chi connectivity index (χ1) is 18.4. The van der Waals surface area contributed by atoms with Crippen molar-refractivity contribution < 1.29 is 23.6 Å². The van der Waals surface area contributed by atoms with Crippen molar-refractivity contribution in [1.29, 1.82) is 0 Å². The molecule has 1 heterocycles. The number of amides is 1. The summed E-state index contributed by atoms with van der Waals surface area (Å²) in [7, 11) is 3.16. The Balaban J connectivity index is 1.36. The third-order valence-electron chi connectivity index (χ3n) is 7.12. The van der Waals surface area contributed by atoms with Gasteiger partial charge in [0.1, 0.15) is 11.9 Å². The Morgan fingerprint density at radius 3 is 2.13 bits per heavy atom. The Bertz CT molecular complexity index is 1440. The molecule has 7 nitrogen and oxygen atoms in total. The van der Waals surface area contributed by atoms with Crippen molar-refractivity contribution in [3.63, 3.8) is 0 Å². The number of esters is 1. The van der Waals surface area contributed by atoms with E-state index in [2.05, 4.69) is 5.10 Å². The molecule has 0 aliphatic heterocycles. The highest BCUT2D eigenvalue weighted by atomic mass is 19.1. The van der Waals surface area contributed by atoms with E-state index in [1.165, 1.54) is 19.2 Å². The second-order valence-corrected chi connectivity index (χ2v) is 9.46. The normalized spacial score (nSPS) is 14.5. The summed E-state index contributed by atoms with van der Waals surface area (Å²) in [6.45, 7) is 1.79. The zero-order chi connectivity index (χ0) is 26.9. The van der Waals surface area contributed by atoms with Gasteiger partial charge in [-0.05, 0) is 59.7 Å². The summed E-state index contributed by atoms with van der Waals surface area (Å²) < 4.78 is 19.9. The Labute approximate surface area is 220 Å². The van der Waals surface area contributed by atoms with Gasteiger partial charge < -0.3 is 4.74 Å². The molecule has 1 aromatic heterocycles. The van der Waals surface area contributed by atoms with Crippen LogP contribution in [0.3, 0.4) is 0 Å². The maximum atomic E-state index is 13.3. The minimum Gasteiger partial charge on any atom is -0.468 e. The van der Waals surface area contributed by atoms with E-state index < -0.39 is 11.5 Å². The molecule has 4 aromatic rings. The summed E-state index contributed by atoms with van der Waals surface area (Å²) in [5, 5.41) is 5.49. The number of hydroxylamine groups is 1. The first kappa shape index (κ1) is 25.4. The quantitative estimate of drug-likeness (QED) is 0.162. The fourth-order valence-corrected chi connectivity index (χ4v) is 4.74. The topological polar surface area (TPSA) is 73.7 Å². The number of methoxy groups -OCH3 is 1.